The van der Waals surface area contributed by atoms with Gasteiger partial charge in [0.2, 0.25) is 17.7 Å². The monoisotopic (exact) mass is 416 g/mol. The summed E-state index contributed by atoms with van der Waals surface area (Å²) in [5, 5.41) is 1.96. The van der Waals surface area contributed by atoms with Gasteiger partial charge in [0, 0.05) is 24.9 Å². The molecule has 1 atom stereocenters. The van der Waals surface area contributed by atoms with Gasteiger partial charge in [-0.05, 0) is 37.5 Å². The summed E-state index contributed by atoms with van der Waals surface area (Å²) < 4.78 is 14.1. The van der Waals surface area contributed by atoms with E-state index in [0.29, 0.717) is 23.8 Å². The number of hydrogen-bond donors (Lipinski definition) is 1. The number of anilines is 2. The molecule has 0 saturated carbocycles. The maximum absolute atomic E-state index is 14.1. The van der Waals surface area contributed by atoms with E-state index >= 15 is 0 Å². The van der Waals surface area contributed by atoms with Crippen LogP contribution in [-0.2, 0) is 14.4 Å². The van der Waals surface area contributed by atoms with Crippen molar-refractivity contribution in [1.29, 1.82) is 0 Å². The molecule has 2 heterocycles. The van der Waals surface area contributed by atoms with Crippen molar-refractivity contribution < 1.29 is 18.8 Å². The fourth-order valence-corrected chi connectivity index (χ4v) is 4.09. The largest absolute Gasteiger partial charge is 0.368 e. The normalized spacial score (nSPS) is 16.8. The van der Waals surface area contributed by atoms with Crippen LogP contribution in [0, 0.1) is 5.82 Å². The molecule has 1 fully saturated rings. The van der Waals surface area contributed by atoms with Crippen molar-refractivity contribution >= 4 is 46.0 Å². The van der Waals surface area contributed by atoms with Gasteiger partial charge < -0.3 is 10.6 Å². The number of primary amides is 1. The lowest BCUT2D eigenvalue weighted by Gasteiger charge is -2.32. The van der Waals surface area contributed by atoms with E-state index < -0.39 is 17.8 Å². The second-order valence-corrected chi connectivity index (χ2v) is 7.48. The predicted molar refractivity (Wildman–Crippen MR) is 109 cm³/mol. The van der Waals surface area contributed by atoms with Crippen LogP contribution in [0.1, 0.15) is 31.9 Å². The Bertz CT molecular complexity index is 959. The van der Waals surface area contributed by atoms with Gasteiger partial charge in [0.1, 0.15) is 11.9 Å². The fourth-order valence-electron chi connectivity index (χ4n) is 3.24. The zero-order chi connectivity index (χ0) is 21.0. The maximum atomic E-state index is 14.1. The number of nitrogens with zero attached hydrogens (tertiary/aromatic N) is 3. The van der Waals surface area contributed by atoms with Gasteiger partial charge in [-0.2, -0.15) is 0 Å². The minimum atomic E-state index is -0.596. The highest BCUT2D eigenvalue weighted by Gasteiger charge is 2.29. The minimum absolute atomic E-state index is 0.110. The molecule has 1 aliphatic heterocycles. The van der Waals surface area contributed by atoms with Gasteiger partial charge in [-0.3, -0.25) is 19.3 Å². The smallest absolute Gasteiger partial charge is 0.247 e. The molecule has 3 amide bonds. The Balaban J connectivity index is 1.78. The van der Waals surface area contributed by atoms with Crippen LogP contribution in [0.5, 0.6) is 0 Å². The Morgan fingerprint density at radius 1 is 1.31 bits per heavy atom. The van der Waals surface area contributed by atoms with Crippen molar-refractivity contribution in [3.05, 3.63) is 47.2 Å². The van der Waals surface area contributed by atoms with E-state index in [-0.39, 0.29) is 17.5 Å². The molecule has 29 heavy (non-hydrogen) atoms. The molecule has 152 valence electrons. The molecule has 0 aliphatic carbocycles. The van der Waals surface area contributed by atoms with Crippen LogP contribution in [0.2, 0.25) is 0 Å². The lowest BCUT2D eigenvalue weighted by Crippen LogP contribution is -2.49. The number of para-hydroxylation sites is 1. The summed E-state index contributed by atoms with van der Waals surface area (Å²) >= 11 is 1.16. The number of aromatic nitrogens is 1. The number of likely N-dealkylation sites (tertiary alicyclic amines) is 1. The second kappa shape index (κ2) is 8.95. The number of thiazole rings is 1. The van der Waals surface area contributed by atoms with Crippen molar-refractivity contribution in [2.24, 2.45) is 5.73 Å². The lowest BCUT2D eigenvalue weighted by molar-refractivity contribution is -0.137. The summed E-state index contributed by atoms with van der Waals surface area (Å²) in [4.78, 5) is 43.1. The SMILES string of the molecule is CC(=O)N(c1nc(/C=C/C(=O)N2CCCC[C@@H]2C(N)=O)cs1)c1ccccc1F. The Morgan fingerprint density at radius 2 is 2.07 bits per heavy atom. The van der Waals surface area contributed by atoms with Gasteiger partial charge >= 0.3 is 0 Å². The molecule has 3 rings (SSSR count). The van der Waals surface area contributed by atoms with E-state index in [1.807, 2.05) is 0 Å². The van der Waals surface area contributed by atoms with Crippen LogP contribution in [-0.4, -0.2) is 40.2 Å². The van der Waals surface area contributed by atoms with Crippen molar-refractivity contribution in [2.45, 2.75) is 32.2 Å². The number of carbonyl (C=O) groups is 3. The van der Waals surface area contributed by atoms with Gasteiger partial charge in [0.05, 0.1) is 11.4 Å². The third-order valence-corrected chi connectivity index (χ3v) is 5.46. The molecule has 2 N–H and O–H groups in total. The Hall–Kier alpha value is -3.07. The molecular weight excluding hydrogens is 395 g/mol. The van der Waals surface area contributed by atoms with Crippen LogP contribution < -0.4 is 10.6 Å². The number of hydrogen-bond acceptors (Lipinski definition) is 5. The van der Waals surface area contributed by atoms with E-state index in [9.17, 15) is 18.8 Å². The van der Waals surface area contributed by atoms with E-state index in [1.54, 1.807) is 17.5 Å². The molecule has 0 unspecified atom stereocenters. The van der Waals surface area contributed by atoms with Crippen molar-refractivity contribution in [3.63, 3.8) is 0 Å². The molecule has 1 aromatic carbocycles. The summed E-state index contributed by atoms with van der Waals surface area (Å²) in [7, 11) is 0. The van der Waals surface area contributed by atoms with Gasteiger partial charge in [0.15, 0.2) is 5.13 Å². The van der Waals surface area contributed by atoms with Crippen molar-refractivity contribution in [1.82, 2.24) is 9.88 Å². The lowest BCUT2D eigenvalue weighted by atomic mass is 10.0. The number of halogens is 1. The first-order chi connectivity index (χ1) is 13.9. The first-order valence-corrected chi connectivity index (χ1v) is 10.0. The number of carbonyl (C=O) groups excluding carboxylic acids is 3. The summed E-state index contributed by atoms with van der Waals surface area (Å²) in [6.45, 7) is 1.80. The molecule has 0 bridgehead atoms. The summed E-state index contributed by atoms with van der Waals surface area (Å²) in [6.07, 6.45) is 5.08. The zero-order valence-corrected chi connectivity index (χ0v) is 16.7. The minimum Gasteiger partial charge on any atom is -0.368 e. The summed E-state index contributed by atoms with van der Waals surface area (Å²) in [5.41, 5.74) is 5.96. The Labute approximate surface area is 171 Å². The molecule has 2 aromatic rings. The fraction of sp³-hybridized carbons (Fsp3) is 0.300. The van der Waals surface area contributed by atoms with Crippen LogP contribution >= 0.6 is 11.3 Å². The van der Waals surface area contributed by atoms with E-state index in [0.717, 1.165) is 24.2 Å². The number of amides is 3. The molecule has 9 heteroatoms. The highest BCUT2D eigenvalue weighted by atomic mass is 32.1. The number of rotatable bonds is 5. The number of piperidine rings is 1. The third kappa shape index (κ3) is 4.68. The predicted octanol–water partition coefficient (Wildman–Crippen LogP) is 2.85. The van der Waals surface area contributed by atoms with Crippen LogP contribution in [0.15, 0.2) is 35.7 Å². The van der Waals surface area contributed by atoms with Gasteiger partial charge in [-0.15, -0.1) is 11.3 Å². The Morgan fingerprint density at radius 3 is 2.76 bits per heavy atom. The number of benzene rings is 1. The van der Waals surface area contributed by atoms with Crippen LogP contribution in [0.4, 0.5) is 15.2 Å². The average molecular weight is 416 g/mol. The summed E-state index contributed by atoms with van der Waals surface area (Å²) in [5.74, 6) is -1.74. The third-order valence-electron chi connectivity index (χ3n) is 4.62. The van der Waals surface area contributed by atoms with E-state index in [1.165, 1.54) is 41.0 Å². The molecule has 0 spiro atoms. The first kappa shape index (κ1) is 20.7. The number of nitrogens with two attached hydrogens (primary N) is 1. The van der Waals surface area contributed by atoms with Crippen molar-refractivity contribution in [2.75, 3.05) is 11.4 Å². The van der Waals surface area contributed by atoms with Gasteiger partial charge in [0.25, 0.3) is 0 Å². The second-order valence-electron chi connectivity index (χ2n) is 6.64. The topological polar surface area (TPSA) is 96.6 Å². The standard InChI is InChI=1S/C20H21FN4O3S/c1-13(26)25(16-7-3-2-6-15(16)21)20-23-14(12-29-20)9-10-18(27)24-11-5-4-8-17(24)19(22)28/h2-3,6-7,9-10,12,17H,4-5,8,11H2,1H3,(H2,22,28)/b10-9+/t17-/m1/s1. The van der Waals surface area contributed by atoms with Gasteiger partial charge in [-0.1, -0.05) is 12.1 Å². The highest BCUT2D eigenvalue weighted by molar-refractivity contribution is 7.14. The molecule has 1 saturated heterocycles. The molecule has 7 nitrogen and oxygen atoms in total. The highest BCUT2D eigenvalue weighted by Crippen LogP contribution is 2.31. The molecular formula is C20H21FN4O3S. The summed E-state index contributed by atoms with van der Waals surface area (Å²) in [6, 6.07) is 5.35. The maximum Gasteiger partial charge on any atom is 0.247 e. The quantitative estimate of drug-likeness (QED) is 0.758. The van der Waals surface area contributed by atoms with E-state index in [4.69, 9.17) is 5.73 Å². The van der Waals surface area contributed by atoms with Crippen molar-refractivity contribution in [3.8, 4) is 0 Å². The average Bonchev–Trinajstić information content (AvgIpc) is 3.16. The van der Waals surface area contributed by atoms with Crippen LogP contribution in [0.3, 0.4) is 0 Å². The molecule has 1 aromatic heterocycles. The van der Waals surface area contributed by atoms with Crippen LogP contribution in [0.25, 0.3) is 6.08 Å². The Kier molecular flexibility index (Phi) is 6.38. The van der Waals surface area contributed by atoms with Gasteiger partial charge in [-0.25, -0.2) is 9.37 Å². The zero-order valence-electron chi connectivity index (χ0n) is 15.9. The molecule has 0 radical (unpaired) electrons. The van der Waals surface area contributed by atoms with E-state index in [2.05, 4.69) is 4.98 Å². The first-order valence-electron chi connectivity index (χ1n) is 9.17. The molecule has 1 aliphatic rings.